The Morgan fingerprint density at radius 2 is 2.58 bits per heavy atom. The molecule has 2 N–H and O–H groups in total. The van der Waals surface area contributed by atoms with E-state index in [2.05, 4.69) is 22.2 Å². The molecule has 1 rings (SSSR count). The largest absolute Gasteiger partial charge is 0.383 e. The molecule has 1 atom stereocenters. The molecule has 0 radical (unpaired) electrons. The number of nitrogens with zero attached hydrogens (tertiary/aromatic N) is 1. The molecular formula is C8H15N3O. The number of rotatable bonds is 5. The fraction of sp³-hybridized carbons (Fsp3) is 0.625. The summed E-state index contributed by atoms with van der Waals surface area (Å²) in [6, 6.07) is 0.373. The van der Waals surface area contributed by atoms with E-state index in [1.54, 1.807) is 13.4 Å². The molecule has 0 saturated carbocycles. The topological polar surface area (TPSA) is 49.9 Å². The SMILES string of the molecule is COCC(C)NCc1cnc[nH]1. The molecule has 0 aromatic carbocycles. The first-order valence-electron chi connectivity index (χ1n) is 4.02. The predicted octanol–water partition coefficient (Wildman–Crippen LogP) is 0.534. The number of hydrogen-bond acceptors (Lipinski definition) is 3. The van der Waals surface area contributed by atoms with Gasteiger partial charge in [0, 0.05) is 31.6 Å². The van der Waals surface area contributed by atoms with Crippen LogP contribution in [0.3, 0.4) is 0 Å². The summed E-state index contributed by atoms with van der Waals surface area (Å²) in [6.07, 6.45) is 3.49. The summed E-state index contributed by atoms with van der Waals surface area (Å²) >= 11 is 0. The highest BCUT2D eigenvalue weighted by Gasteiger charge is 1.99. The second kappa shape index (κ2) is 4.90. The lowest BCUT2D eigenvalue weighted by Crippen LogP contribution is -2.29. The van der Waals surface area contributed by atoms with Gasteiger partial charge in [-0.15, -0.1) is 0 Å². The van der Waals surface area contributed by atoms with Crippen molar-refractivity contribution in [2.24, 2.45) is 0 Å². The number of hydrogen-bond donors (Lipinski definition) is 2. The van der Waals surface area contributed by atoms with Gasteiger partial charge >= 0.3 is 0 Å². The lowest BCUT2D eigenvalue weighted by molar-refractivity contribution is 0.171. The Kier molecular flexibility index (Phi) is 3.76. The van der Waals surface area contributed by atoms with Crippen molar-refractivity contribution in [3.63, 3.8) is 0 Å². The highest BCUT2D eigenvalue weighted by Crippen LogP contribution is 1.91. The van der Waals surface area contributed by atoms with Crippen LogP contribution < -0.4 is 5.32 Å². The van der Waals surface area contributed by atoms with E-state index in [1.165, 1.54) is 0 Å². The summed E-state index contributed by atoms with van der Waals surface area (Å²) in [4.78, 5) is 6.94. The molecule has 68 valence electrons. The average molecular weight is 169 g/mol. The zero-order chi connectivity index (χ0) is 8.81. The molecule has 0 aliphatic rings. The van der Waals surface area contributed by atoms with Crippen LogP contribution >= 0.6 is 0 Å². The number of imidazole rings is 1. The van der Waals surface area contributed by atoms with E-state index in [9.17, 15) is 0 Å². The third-order valence-corrected chi connectivity index (χ3v) is 1.61. The quantitative estimate of drug-likeness (QED) is 0.676. The van der Waals surface area contributed by atoms with E-state index >= 15 is 0 Å². The van der Waals surface area contributed by atoms with Crippen LogP contribution in [0.15, 0.2) is 12.5 Å². The molecule has 4 heteroatoms. The van der Waals surface area contributed by atoms with Crippen molar-refractivity contribution in [2.75, 3.05) is 13.7 Å². The number of nitrogens with one attached hydrogen (secondary N) is 2. The van der Waals surface area contributed by atoms with E-state index in [0.29, 0.717) is 6.04 Å². The highest BCUT2D eigenvalue weighted by atomic mass is 16.5. The molecule has 0 aliphatic heterocycles. The lowest BCUT2D eigenvalue weighted by atomic mass is 10.3. The van der Waals surface area contributed by atoms with E-state index < -0.39 is 0 Å². The first-order valence-corrected chi connectivity index (χ1v) is 4.02. The molecule has 1 unspecified atom stereocenters. The number of aromatic amines is 1. The minimum atomic E-state index is 0.373. The fourth-order valence-electron chi connectivity index (χ4n) is 0.974. The lowest BCUT2D eigenvalue weighted by Gasteiger charge is -2.10. The molecular weight excluding hydrogens is 154 g/mol. The number of aromatic nitrogens is 2. The smallest absolute Gasteiger partial charge is 0.0922 e. The Balaban J connectivity index is 2.17. The molecule has 1 aromatic rings. The van der Waals surface area contributed by atoms with Crippen LogP contribution in [0, 0.1) is 0 Å². The van der Waals surface area contributed by atoms with Gasteiger partial charge in [-0.3, -0.25) is 0 Å². The van der Waals surface area contributed by atoms with Gasteiger partial charge in [0.05, 0.1) is 12.9 Å². The molecule has 0 amide bonds. The summed E-state index contributed by atoms with van der Waals surface area (Å²) in [5.74, 6) is 0. The van der Waals surface area contributed by atoms with Crippen LogP contribution in [0.25, 0.3) is 0 Å². The Labute approximate surface area is 72.3 Å². The van der Waals surface area contributed by atoms with Gasteiger partial charge in [-0.05, 0) is 6.92 Å². The number of ether oxygens (including phenoxy) is 1. The molecule has 12 heavy (non-hydrogen) atoms. The van der Waals surface area contributed by atoms with E-state index in [4.69, 9.17) is 4.74 Å². The van der Waals surface area contributed by atoms with Gasteiger partial charge in [-0.1, -0.05) is 0 Å². The predicted molar refractivity (Wildman–Crippen MR) is 46.8 cm³/mol. The van der Waals surface area contributed by atoms with Crippen LogP contribution in [0.2, 0.25) is 0 Å². The number of H-pyrrole nitrogens is 1. The maximum Gasteiger partial charge on any atom is 0.0922 e. The van der Waals surface area contributed by atoms with E-state index in [0.717, 1.165) is 18.8 Å². The summed E-state index contributed by atoms with van der Waals surface area (Å²) in [5, 5.41) is 3.29. The standard InChI is InChI=1S/C8H15N3O/c1-7(5-12-2)10-4-8-3-9-6-11-8/h3,6-7,10H,4-5H2,1-2H3,(H,9,11). The molecule has 1 heterocycles. The molecule has 0 fully saturated rings. The maximum atomic E-state index is 4.99. The minimum Gasteiger partial charge on any atom is -0.383 e. The summed E-state index contributed by atoms with van der Waals surface area (Å²) in [5.41, 5.74) is 1.10. The zero-order valence-corrected chi connectivity index (χ0v) is 7.50. The van der Waals surface area contributed by atoms with Crippen molar-refractivity contribution >= 4 is 0 Å². The maximum absolute atomic E-state index is 4.99. The fourth-order valence-corrected chi connectivity index (χ4v) is 0.974. The van der Waals surface area contributed by atoms with Crippen molar-refractivity contribution in [2.45, 2.75) is 19.5 Å². The van der Waals surface area contributed by atoms with Gasteiger partial charge in [-0.25, -0.2) is 4.98 Å². The van der Waals surface area contributed by atoms with Crippen molar-refractivity contribution in [1.29, 1.82) is 0 Å². The Morgan fingerprint density at radius 3 is 3.17 bits per heavy atom. The van der Waals surface area contributed by atoms with Crippen LogP contribution in [-0.2, 0) is 11.3 Å². The molecule has 0 saturated heterocycles. The summed E-state index contributed by atoms with van der Waals surface area (Å²) in [6.45, 7) is 3.62. The van der Waals surface area contributed by atoms with Crippen molar-refractivity contribution in [1.82, 2.24) is 15.3 Å². The van der Waals surface area contributed by atoms with Gasteiger partial charge in [0.25, 0.3) is 0 Å². The van der Waals surface area contributed by atoms with Crippen LogP contribution in [-0.4, -0.2) is 29.7 Å². The van der Waals surface area contributed by atoms with E-state index in [-0.39, 0.29) is 0 Å². The Bertz CT molecular complexity index is 198. The molecule has 0 bridgehead atoms. The highest BCUT2D eigenvalue weighted by molar-refractivity contribution is 4.93. The average Bonchev–Trinajstić information content (AvgIpc) is 2.53. The van der Waals surface area contributed by atoms with Gasteiger partial charge < -0.3 is 15.0 Å². The zero-order valence-electron chi connectivity index (χ0n) is 7.50. The van der Waals surface area contributed by atoms with Crippen LogP contribution in [0.4, 0.5) is 0 Å². The first-order chi connectivity index (χ1) is 5.83. The minimum absolute atomic E-state index is 0.373. The molecule has 0 aliphatic carbocycles. The molecule has 1 aromatic heterocycles. The Morgan fingerprint density at radius 1 is 1.75 bits per heavy atom. The van der Waals surface area contributed by atoms with Gasteiger partial charge in [0.2, 0.25) is 0 Å². The van der Waals surface area contributed by atoms with Crippen LogP contribution in [0.1, 0.15) is 12.6 Å². The van der Waals surface area contributed by atoms with Gasteiger partial charge in [0.15, 0.2) is 0 Å². The second-order valence-corrected chi connectivity index (χ2v) is 2.81. The van der Waals surface area contributed by atoms with Gasteiger partial charge in [0.1, 0.15) is 0 Å². The normalized spacial score (nSPS) is 13.2. The summed E-state index contributed by atoms with van der Waals surface area (Å²) in [7, 11) is 1.70. The molecule has 0 spiro atoms. The first kappa shape index (κ1) is 9.22. The molecule has 4 nitrogen and oxygen atoms in total. The monoisotopic (exact) mass is 169 g/mol. The van der Waals surface area contributed by atoms with Gasteiger partial charge in [-0.2, -0.15) is 0 Å². The van der Waals surface area contributed by atoms with Crippen molar-refractivity contribution in [3.05, 3.63) is 18.2 Å². The van der Waals surface area contributed by atoms with E-state index in [1.807, 2.05) is 6.20 Å². The third-order valence-electron chi connectivity index (χ3n) is 1.61. The Hall–Kier alpha value is -0.870. The van der Waals surface area contributed by atoms with Crippen LogP contribution in [0.5, 0.6) is 0 Å². The number of methoxy groups -OCH3 is 1. The summed E-state index contributed by atoms with van der Waals surface area (Å²) < 4.78 is 4.99. The third kappa shape index (κ3) is 3.02. The van der Waals surface area contributed by atoms with Crippen molar-refractivity contribution in [3.8, 4) is 0 Å². The second-order valence-electron chi connectivity index (χ2n) is 2.81. The van der Waals surface area contributed by atoms with Crippen molar-refractivity contribution < 1.29 is 4.74 Å².